The van der Waals surface area contributed by atoms with Crippen molar-refractivity contribution in [3.05, 3.63) is 65.0 Å². The Morgan fingerprint density at radius 2 is 2.00 bits per heavy atom. The Morgan fingerprint density at radius 3 is 2.63 bits per heavy atom. The first-order chi connectivity index (χ1) is 12.9. The minimum Gasteiger partial charge on any atom is -0.366 e. The second-order valence-electron chi connectivity index (χ2n) is 8.04. The van der Waals surface area contributed by atoms with Crippen molar-refractivity contribution in [3.63, 3.8) is 0 Å². The highest BCUT2D eigenvalue weighted by Gasteiger charge is 2.36. The monoisotopic (exact) mass is 362 g/mol. The topological polar surface area (TPSA) is 27.0 Å². The molecule has 0 spiro atoms. The molecule has 2 nitrogen and oxygen atoms in total. The fourth-order valence-electron chi connectivity index (χ4n) is 4.23. The van der Waals surface area contributed by atoms with Gasteiger partial charge in [0.2, 0.25) is 0 Å². The smallest absolute Gasteiger partial charge is 0.132 e. The quantitative estimate of drug-likeness (QED) is 0.465. The summed E-state index contributed by atoms with van der Waals surface area (Å²) in [5.74, 6) is 0.0709. The Kier molecular flexibility index (Phi) is 5.37. The van der Waals surface area contributed by atoms with E-state index < -0.39 is 0 Å². The van der Waals surface area contributed by atoms with E-state index in [-0.39, 0.29) is 11.4 Å². The Bertz CT molecular complexity index is 891. The van der Waals surface area contributed by atoms with Crippen LogP contribution in [0.4, 0.5) is 10.1 Å². The molecular formula is C24H27FN2. The first-order valence-electron chi connectivity index (χ1n) is 9.65. The maximum atomic E-state index is 15.0. The molecule has 2 aromatic carbocycles. The molecule has 0 saturated carbocycles. The van der Waals surface area contributed by atoms with Crippen molar-refractivity contribution in [3.8, 4) is 6.07 Å². The molecule has 0 saturated heterocycles. The van der Waals surface area contributed by atoms with Crippen LogP contribution in [0.3, 0.4) is 0 Å². The van der Waals surface area contributed by atoms with Crippen LogP contribution in [0.2, 0.25) is 0 Å². The zero-order valence-electron chi connectivity index (χ0n) is 16.6. The van der Waals surface area contributed by atoms with E-state index in [9.17, 15) is 5.26 Å². The van der Waals surface area contributed by atoms with Crippen molar-refractivity contribution >= 4 is 17.3 Å². The van der Waals surface area contributed by atoms with E-state index in [2.05, 4.69) is 38.7 Å². The highest BCUT2D eigenvalue weighted by atomic mass is 19.1. The molecule has 0 bridgehead atoms. The number of halogens is 1. The molecule has 0 aromatic heterocycles. The number of benzene rings is 2. The number of hydrogen-bond donors (Lipinski definition) is 0. The Hall–Kier alpha value is -2.60. The van der Waals surface area contributed by atoms with E-state index in [0.29, 0.717) is 17.1 Å². The molecule has 1 atom stereocenters. The van der Waals surface area contributed by atoms with Crippen LogP contribution < -0.4 is 4.90 Å². The SMILES string of the molecule is CCCN1c2cc(F)c(/C=C(/C#N)c3ccccc3)cc2C(C)CC1(C)C. The number of nitrogens with zero attached hydrogens (tertiary/aromatic N) is 2. The molecule has 0 amide bonds. The maximum absolute atomic E-state index is 15.0. The summed E-state index contributed by atoms with van der Waals surface area (Å²) < 4.78 is 15.0. The van der Waals surface area contributed by atoms with Gasteiger partial charge in [-0.2, -0.15) is 5.26 Å². The molecule has 1 heterocycles. The standard InChI is InChI=1S/C24H27FN2/c1-5-11-27-23-14-22(25)19(13-21(23)17(2)15-24(27,3)4)12-20(16-26)18-9-7-6-8-10-18/h6-10,12-14,17H,5,11,15H2,1-4H3/b20-12-. The Labute approximate surface area is 161 Å². The van der Waals surface area contributed by atoms with Gasteiger partial charge in [0.05, 0.1) is 11.6 Å². The molecule has 1 aliphatic rings. The Morgan fingerprint density at radius 1 is 1.30 bits per heavy atom. The number of nitriles is 1. The molecule has 3 rings (SSSR count). The molecule has 0 radical (unpaired) electrons. The molecule has 1 unspecified atom stereocenters. The zero-order valence-corrected chi connectivity index (χ0v) is 16.6. The van der Waals surface area contributed by atoms with Gasteiger partial charge in [-0.25, -0.2) is 4.39 Å². The van der Waals surface area contributed by atoms with Gasteiger partial charge in [0.1, 0.15) is 5.82 Å². The van der Waals surface area contributed by atoms with Crippen LogP contribution in [0, 0.1) is 17.1 Å². The third-order valence-corrected chi connectivity index (χ3v) is 5.46. The average molecular weight is 362 g/mol. The average Bonchev–Trinajstić information content (AvgIpc) is 2.64. The van der Waals surface area contributed by atoms with Crippen LogP contribution >= 0.6 is 0 Å². The summed E-state index contributed by atoms with van der Waals surface area (Å²) in [5.41, 5.74) is 3.93. The molecule has 3 heteroatoms. The van der Waals surface area contributed by atoms with Crippen LogP contribution in [-0.4, -0.2) is 12.1 Å². The summed E-state index contributed by atoms with van der Waals surface area (Å²) in [5, 5.41) is 9.55. The van der Waals surface area contributed by atoms with Gasteiger partial charge in [-0.05, 0) is 61.9 Å². The molecular weight excluding hydrogens is 335 g/mol. The molecule has 0 aliphatic carbocycles. The van der Waals surface area contributed by atoms with Gasteiger partial charge in [-0.15, -0.1) is 0 Å². The third-order valence-electron chi connectivity index (χ3n) is 5.46. The third kappa shape index (κ3) is 3.76. The van der Waals surface area contributed by atoms with Crippen molar-refractivity contribution < 1.29 is 4.39 Å². The summed E-state index contributed by atoms with van der Waals surface area (Å²) in [6.45, 7) is 9.74. The highest BCUT2D eigenvalue weighted by molar-refractivity contribution is 5.90. The lowest BCUT2D eigenvalue weighted by Gasteiger charge is -2.47. The van der Waals surface area contributed by atoms with Crippen LogP contribution in [-0.2, 0) is 0 Å². The summed E-state index contributed by atoms with van der Waals surface area (Å²) in [6, 6.07) is 15.2. The van der Waals surface area contributed by atoms with E-state index in [0.717, 1.165) is 30.6 Å². The fraction of sp³-hybridized carbons (Fsp3) is 0.375. The number of fused-ring (bicyclic) bond motifs is 1. The van der Waals surface area contributed by atoms with Crippen LogP contribution in [0.1, 0.15) is 63.1 Å². The van der Waals surface area contributed by atoms with E-state index in [1.165, 1.54) is 5.56 Å². The van der Waals surface area contributed by atoms with Gasteiger partial charge in [-0.1, -0.05) is 44.2 Å². The molecule has 0 N–H and O–H groups in total. The number of rotatable bonds is 4. The molecule has 27 heavy (non-hydrogen) atoms. The van der Waals surface area contributed by atoms with Crippen LogP contribution in [0.15, 0.2) is 42.5 Å². The zero-order chi connectivity index (χ0) is 19.6. The highest BCUT2D eigenvalue weighted by Crippen LogP contribution is 2.44. The van der Waals surface area contributed by atoms with Crippen molar-refractivity contribution in [2.75, 3.05) is 11.4 Å². The van der Waals surface area contributed by atoms with E-state index in [1.807, 2.05) is 36.4 Å². The van der Waals surface area contributed by atoms with Crippen molar-refractivity contribution in [1.29, 1.82) is 5.26 Å². The fourth-order valence-corrected chi connectivity index (χ4v) is 4.23. The molecule has 140 valence electrons. The lowest BCUT2D eigenvalue weighted by molar-refractivity contribution is 0.375. The summed E-state index contributed by atoms with van der Waals surface area (Å²) in [7, 11) is 0. The second kappa shape index (κ2) is 7.56. The number of anilines is 1. The predicted octanol–water partition coefficient (Wildman–Crippen LogP) is 6.39. The summed E-state index contributed by atoms with van der Waals surface area (Å²) in [4.78, 5) is 2.33. The van der Waals surface area contributed by atoms with Gasteiger partial charge in [0, 0.05) is 23.3 Å². The minimum absolute atomic E-state index is 0.00801. The van der Waals surface area contributed by atoms with Gasteiger partial charge in [0.25, 0.3) is 0 Å². The molecule has 1 aliphatic heterocycles. The molecule has 2 aromatic rings. The predicted molar refractivity (Wildman–Crippen MR) is 111 cm³/mol. The van der Waals surface area contributed by atoms with Crippen LogP contribution in [0.25, 0.3) is 11.6 Å². The van der Waals surface area contributed by atoms with Crippen molar-refractivity contribution in [2.45, 2.75) is 52.0 Å². The van der Waals surface area contributed by atoms with Gasteiger partial charge in [0.15, 0.2) is 0 Å². The summed E-state index contributed by atoms with van der Waals surface area (Å²) in [6.07, 6.45) is 3.72. The van der Waals surface area contributed by atoms with Crippen LogP contribution in [0.5, 0.6) is 0 Å². The lowest BCUT2D eigenvalue weighted by Crippen LogP contribution is -2.48. The van der Waals surface area contributed by atoms with Gasteiger partial charge in [-0.3, -0.25) is 0 Å². The second-order valence-corrected chi connectivity index (χ2v) is 8.04. The van der Waals surface area contributed by atoms with Crippen molar-refractivity contribution in [2.24, 2.45) is 0 Å². The molecule has 0 fully saturated rings. The lowest BCUT2D eigenvalue weighted by atomic mass is 9.79. The van der Waals surface area contributed by atoms with Crippen molar-refractivity contribution in [1.82, 2.24) is 0 Å². The first-order valence-corrected chi connectivity index (χ1v) is 9.65. The van der Waals surface area contributed by atoms with E-state index in [4.69, 9.17) is 0 Å². The van der Waals surface area contributed by atoms with Gasteiger partial charge < -0.3 is 4.90 Å². The minimum atomic E-state index is -0.275. The Balaban J connectivity index is 2.10. The largest absolute Gasteiger partial charge is 0.366 e. The number of allylic oxidation sites excluding steroid dienone is 1. The maximum Gasteiger partial charge on any atom is 0.132 e. The van der Waals surface area contributed by atoms with E-state index >= 15 is 4.39 Å². The van der Waals surface area contributed by atoms with E-state index in [1.54, 1.807) is 12.1 Å². The normalized spacial score (nSPS) is 18.7. The summed E-state index contributed by atoms with van der Waals surface area (Å²) >= 11 is 0. The van der Waals surface area contributed by atoms with Gasteiger partial charge >= 0.3 is 0 Å². The first kappa shape index (κ1) is 19.2. The number of hydrogen-bond acceptors (Lipinski definition) is 2.